The summed E-state index contributed by atoms with van der Waals surface area (Å²) in [5.74, 6) is 0.568. The third-order valence-electron chi connectivity index (χ3n) is 3.62. The molecule has 2 aliphatic heterocycles. The molecule has 0 aromatic carbocycles. The minimum atomic E-state index is -0.381. The van der Waals surface area contributed by atoms with Crippen LogP contribution in [0, 0.1) is 0 Å². The molecule has 3 heterocycles. The molecule has 1 atom stereocenters. The zero-order valence-electron chi connectivity index (χ0n) is 11.2. The lowest BCUT2D eigenvalue weighted by Gasteiger charge is -2.26. The first kappa shape index (κ1) is 12.3. The number of cyclic esters (lactones) is 1. The van der Waals surface area contributed by atoms with Crippen LogP contribution in [0.1, 0.15) is 38.4 Å². The number of aromatic nitrogens is 2. The van der Waals surface area contributed by atoms with E-state index in [9.17, 15) is 4.79 Å². The van der Waals surface area contributed by atoms with Crippen LogP contribution < -0.4 is 10.2 Å². The molecule has 1 unspecified atom stereocenters. The average molecular weight is 262 g/mol. The number of rotatable bonds is 2. The smallest absolute Gasteiger partial charge is 0.416 e. The molecule has 2 saturated heterocycles. The summed E-state index contributed by atoms with van der Waals surface area (Å²) in [6.07, 6.45) is 5.24. The maximum atomic E-state index is 11.8. The molecular weight excluding hydrogens is 244 g/mol. The maximum Gasteiger partial charge on any atom is 0.416 e. The van der Waals surface area contributed by atoms with Gasteiger partial charge in [0, 0.05) is 0 Å². The largest absolute Gasteiger partial charge is 0.447 e. The summed E-state index contributed by atoms with van der Waals surface area (Å²) in [4.78, 5) is 22.2. The van der Waals surface area contributed by atoms with E-state index in [0.29, 0.717) is 12.4 Å². The van der Waals surface area contributed by atoms with Crippen molar-refractivity contribution in [2.45, 2.75) is 38.3 Å². The highest BCUT2D eigenvalue weighted by Gasteiger charge is 2.42. The fourth-order valence-electron chi connectivity index (χ4n) is 2.60. The Balaban J connectivity index is 1.92. The second kappa shape index (κ2) is 4.45. The van der Waals surface area contributed by atoms with E-state index in [1.807, 2.05) is 13.8 Å². The van der Waals surface area contributed by atoms with Gasteiger partial charge in [0.25, 0.3) is 0 Å². The van der Waals surface area contributed by atoms with Crippen LogP contribution in [0.5, 0.6) is 0 Å². The van der Waals surface area contributed by atoms with Gasteiger partial charge in [-0.3, -0.25) is 9.88 Å². The van der Waals surface area contributed by atoms with Gasteiger partial charge in [-0.05, 0) is 33.2 Å². The third kappa shape index (κ3) is 2.16. The minimum absolute atomic E-state index is 0.245. The Morgan fingerprint density at radius 2 is 2.32 bits per heavy atom. The molecule has 1 N–H and O–H groups in total. The van der Waals surface area contributed by atoms with E-state index in [2.05, 4.69) is 15.3 Å². The van der Waals surface area contributed by atoms with Crippen molar-refractivity contribution >= 4 is 11.9 Å². The lowest BCUT2D eigenvalue weighted by atomic mass is 10.1. The first-order chi connectivity index (χ1) is 9.08. The molecular formula is C13H18N4O2. The fraction of sp³-hybridized carbons (Fsp3) is 0.615. The van der Waals surface area contributed by atoms with Crippen LogP contribution in [0.2, 0.25) is 0 Å². The highest BCUT2D eigenvalue weighted by atomic mass is 16.6. The van der Waals surface area contributed by atoms with Crippen molar-refractivity contribution in [3.63, 3.8) is 0 Å². The fourth-order valence-corrected chi connectivity index (χ4v) is 2.60. The molecule has 1 aromatic rings. The zero-order chi connectivity index (χ0) is 13.5. The first-order valence-corrected chi connectivity index (χ1v) is 6.60. The van der Waals surface area contributed by atoms with Crippen molar-refractivity contribution < 1.29 is 9.53 Å². The van der Waals surface area contributed by atoms with Crippen molar-refractivity contribution in [1.82, 2.24) is 15.3 Å². The minimum Gasteiger partial charge on any atom is -0.447 e. The summed E-state index contributed by atoms with van der Waals surface area (Å²) in [7, 11) is 0. The van der Waals surface area contributed by atoms with Gasteiger partial charge in [-0.2, -0.15) is 0 Å². The highest BCUT2D eigenvalue weighted by molar-refractivity contribution is 5.90. The van der Waals surface area contributed by atoms with E-state index in [0.717, 1.165) is 25.1 Å². The van der Waals surface area contributed by atoms with Crippen molar-refractivity contribution in [1.29, 1.82) is 0 Å². The van der Waals surface area contributed by atoms with Gasteiger partial charge in [-0.25, -0.2) is 9.78 Å². The molecule has 1 amide bonds. The van der Waals surface area contributed by atoms with Crippen molar-refractivity contribution in [3.8, 4) is 0 Å². The predicted molar refractivity (Wildman–Crippen MR) is 69.9 cm³/mol. The van der Waals surface area contributed by atoms with Crippen LogP contribution in [0.4, 0.5) is 10.6 Å². The monoisotopic (exact) mass is 262 g/mol. The van der Waals surface area contributed by atoms with E-state index in [1.165, 1.54) is 0 Å². The van der Waals surface area contributed by atoms with Gasteiger partial charge < -0.3 is 10.1 Å². The van der Waals surface area contributed by atoms with Gasteiger partial charge >= 0.3 is 6.09 Å². The number of hydrogen-bond donors (Lipinski definition) is 1. The molecule has 0 saturated carbocycles. The number of amides is 1. The maximum absolute atomic E-state index is 11.8. The summed E-state index contributed by atoms with van der Waals surface area (Å²) in [6, 6.07) is 0.245. The molecule has 2 fully saturated rings. The van der Waals surface area contributed by atoms with Gasteiger partial charge in [0.05, 0.1) is 29.7 Å². The Kier molecular flexibility index (Phi) is 2.89. The SMILES string of the molecule is CC1(C)COC(=O)N1c1cncc(C2CCCN2)n1. The standard InChI is InChI=1S/C13H18N4O2/c1-13(2)8-19-12(18)17(13)11-7-14-6-10(16-11)9-4-3-5-15-9/h6-7,9,15H,3-5,8H2,1-2H3. The lowest BCUT2D eigenvalue weighted by molar-refractivity contribution is 0.175. The third-order valence-corrected chi connectivity index (χ3v) is 3.62. The normalized spacial score (nSPS) is 25.7. The van der Waals surface area contributed by atoms with E-state index < -0.39 is 0 Å². The van der Waals surface area contributed by atoms with Crippen molar-refractivity contribution in [2.24, 2.45) is 0 Å². The Labute approximate surface area is 112 Å². The van der Waals surface area contributed by atoms with Crippen LogP contribution >= 0.6 is 0 Å². The molecule has 3 rings (SSSR count). The topological polar surface area (TPSA) is 67.3 Å². The van der Waals surface area contributed by atoms with E-state index in [1.54, 1.807) is 17.3 Å². The van der Waals surface area contributed by atoms with E-state index >= 15 is 0 Å². The van der Waals surface area contributed by atoms with Gasteiger partial charge in [0.2, 0.25) is 0 Å². The first-order valence-electron chi connectivity index (χ1n) is 6.60. The molecule has 0 bridgehead atoms. The Morgan fingerprint density at radius 3 is 2.95 bits per heavy atom. The summed E-state index contributed by atoms with van der Waals surface area (Å²) in [5, 5.41) is 3.39. The van der Waals surface area contributed by atoms with Crippen molar-refractivity contribution in [3.05, 3.63) is 18.1 Å². The molecule has 1 aromatic heterocycles. The number of carbonyl (C=O) groups excluding carboxylic acids is 1. The molecule has 6 nitrogen and oxygen atoms in total. The molecule has 2 aliphatic rings. The van der Waals surface area contributed by atoms with Gasteiger partial charge in [-0.1, -0.05) is 0 Å². The summed E-state index contributed by atoms with van der Waals surface area (Å²) in [6.45, 7) is 5.30. The number of carbonyl (C=O) groups is 1. The second-order valence-corrected chi connectivity index (χ2v) is 5.65. The highest BCUT2D eigenvalue weighted by Crippen LogP contribution is 2.30. The number of hydrogen-bond acceptors (Lipinski definition) is 5. The van der Waals surface area contributed by atoms with Crippen LogP contribution in [0.25, 0.3) is 0 Å². The number of anilines is 1. The number of ether oxygens (including phenoxy) is 1. The molecule has 0 aliphatic carbocycles. The van der Waals surface area contributed by atoms with Gasteiger partial charge in [-0.15, -0.1) is 0 Å². The molecule has 19 heavy (non-hydrogen) atoms. The van der Waals surface area contributed by atoms with E-state index in [-0.39, 0.29) is 17.7 Å². The van der Waals surface area contributed by atoms with Crippen LogP contribution in [-0.2, 0) is 4.74 Å². The van der Waals surface area contributed by atoms with Crippen LogP contribution in [0.3, 0.4) is 0 Å². The lowest BCUT2D eigenvalue weighted by Crippen LogP contribution is -2.42. The van der Waals surface area contributed by atoms with Crippen LogP contribution in [-0.4, -0.2) is 34.8 Å². The zero-order valence-corrected chi connectivity index (χ0v) is 11.2. The summed E-state index contributed by atoms with van der Waals surface area (Å²) < 4.78 is 5.10. The Morgan fingerprint density at radius 1 is 1.47 bits per heavy atom. The molecule has 102 valence electrons. The predicted octanol–water partition coefficient (Wildman–Crippen LogP) is 1.64. The molecule has 0 radical (unpaired) electrons. The van der Waals surface area contributed by atoms with Crippen molar-refractivity contribution in [2.75, 3.05) is 18.1 Å². The molecule has 6 heteroatoms. The Bertz CT molecular complexity index is 497. The number of nitrogens with one attached hydrogen (secondary N) is 1. The second-order valence-electron chi connectivity index (χ2n) is 5.65. The Hall–Kier alpha value is -1.69. The molecule has 0 spiro atoms. The average Bonchev–Trinajstić information content (AvgIpc) is 2.98. The quantitative estimate of drug-likeness (QED) is 0.877. The summed E-state index contributed by atoms with van der Waals surface area (Å²) >= 11 is 0. The van der Waals surface area contributed by atoms with Gasteiger partial charge in [0.1, 0.15) is 6.61 Å². The van der Waals surface area contributed by atoms with E-state index in [4.69, 9.17) is 4.74 Å². The number of nitrogens with zero attached hydrogens (tertiary/aromatic N) is 3. The van der Waals surface area contributed by atoms with Crippen LogP contribution in [0.15, 0.2) is 12.4 Å². The van der Waals surface area contributed by atoms with Gasteiger partial charge in [0.15, 0.2) is 5.82 Å². The summed E-state index contributed by atoms with van der Waals surface area (Å²) in [5.41, 5.74) is 0.513.